The summed E-state index contributed by atoms with van der Waals surface area (Å²) in [6, 6.07) is 5.55. The van der Waals surface area contributed by atoms with E-state index in [0.29, 0.717) is 6.04 Å². The van der Waals surface area contributed by atoms with Crippen LogP contribution >= 0.6 is 11.6 Å². The van der Waals surface area contributed by atoms with Gasteiger partial charge in [0.2, 0.25) is 0 Å². The van der Waals surface area contributed by atoms with Gasteiger partial charge in [-0.3, -0.25) is 4.90 Å². The molecule has 1 heterocycles. The summed E-state index contributed by atoms with van der Waals surface area (Å²) in [6.45, 7) is 8.51. The van der Waals surface area contributed by atoms with Gasteiger partial charge in [0, 0.05) is 19.1 Å². The highest BCUT2D eigenvalue weighted by molar-refractivity contribution is 6.30. The van der Waals surface area contributed by atoms with Gasteiger partial charge in [0.25, 0.3) is 0 Å². The maximum absolute atomic E-state index is 13.1. The molecule has 1 unspecified atom stereocenters. The third-order valence-corrected chi connectivity index (χ3v) is 3.86. The summed E-state index contributed by atoms with van der Waals surface area (Å²) in [4.78, 5) is 2.41. The Balaban J connectivity index is 1.82. The van der Waals surface area contributed by atoms with Crippen molar-refractivity contribution in [2.45, 2.75) is 32.9 Å². The number of hydrogen-bond donors (Lipinski definition) is 1. The summed E-state index contributed by atoms with van der Waals surface area (Å²) in [5.41, 5.74) is 1.09. The molecule has 1 aliphatic heterocycles. The third-order valence-electron chi connectivity index (χ3n) is 3.57. The van der Waals surface area contributed by atoms with Crippen molar-refractivity contribution in [1.82, 2.24) is 10.2 Å². The lowest BCUT2D eigenvalue weighted by Gasteiger charge is -2.17. The molecule has 1 fully saturated rings. The van der Waals surface area contributed by atoms with Gasteiger partial charge in [-0.25, -0.2) is 4.39 Å². The van der Waals surface area contributed by atoms with Crippen LogP contribution in [0.15, 0.2) is 18.2 Å². The zero-order valence-corrected chi connectivity index (χ0v) is 12.4. The minimum Gasteiger partial charge on any atom is -0.314 e. The second-order valence-electron chi connectivity index (χ2n) is 5.70. The van der Waals surface area contributed by atoms with Crippen LogP contribution in [0, 0.1) is 11.7 Å². The van der Waals surface area contributed by atoms with Crippen LogP contribution in [0.25, 0.3) is 0 Å². The Morgan fingerprint density at radius 1 is 1.47 bits per heavy atom. The Morgan fingerprint density at radius 2 is 2.26 bits per heavy atom. The van der Waals surface area contributed by atoms with E-state index in [-0.39, 0.29) is 10.8 Å². The third kappa shape index (κ3) is 4.44. The van der Waals surface area contributed by atoms with E-state index in [4.69, 9.17) is 11.6 Å². The monoisotopic (exact) mass is 284 g/mol. The molecule has 4 heteroatoms. The van der Waals surface area contributed by atoms with E-state index < -0.39 is 0 Å². The molecule has 0 spiro atoms. The highest BCUT2D eigenvalue weighted by Gasteiger charge is 2.22. The van der Waals surface area contributed by atoms with Gasteiger partial charge >= 0.3 is 0 Å². The minimum absolute atomic E-state index is 0.217. The van der Waals surface area contributed by atoms with Crippen molar-refractivity contribution in [1.29, 1.82) is 0 Å². The summed E-state index contributed by atoms with van der Waals surface area (Å²) in [5.74, 6) is 0.379. The average molecular weight is 285 g/mol. The number of likely N-dealkylation sites (tertiary alicyclic amines) is 1. The fraction of sp³-hybridized carbons (Fsp3) is 0.600. The largest absolute Gasteiger partial charge is 0.314 e. The lowest BCUT2D eigenvalue weighted by Crippen LogP contribution is -2.30. The van der Waals surface area contributed by atoms with Crippen LogP contribution in [0.5, 0.6) is 0 Å². The molecule has 2 nitrogen and oxygen atoms in total. The van der Waals surface area contributed by atoms with Gasteiger partial charge in [0.05, 0.1) is 5.02 Å². The molecule has 19 heavy (non-hydrogen) atoms. The van der Waals surface area contributed by atoms with Crippen molar-refractivity contribution < 1.29 is 4.39 Å². The molecule has 0 aliphatic carbocycles. The van der Waals surface area contributed by atoms with E-state index in [2.05, 4.69) is 24.1 Å². The summed E-state index contributed by atoms with van der Waals surface area (Å²) >= 11 is 5.81. The summed E-state index contributed by atoms with van der Waals surface area (Å²) in [5, 5.41) is 3.71. The minimum atomic E-state index is -0.342. The molecule has 1 saturated heterocycles. The average Bonchev–Trinajstić information content (AvgIpc) is 2.79. The van der Waals surface area contributed by atoms with Crippen molar-refractivity contribution in [2.24, 2.45) is 5.92 Å². The molecule has 0 bridgehead atoms. The van der Waals surface area contributed by atoms with Crippen LogP contribution in [0.1, 0.15) is 25.8 Å². The second-order valence-corrected chi connectivity index (χ2v) is 6.11. The lowest BCUT2D eigenvalue weighted by atomic mass is 10.1. The van der Waals surface area contributed by atoms with E-state index in [9.17, 15) is 4.39 Å². The normalized spacial score (nSPS) is 20.4. The molecular formula is C15H22ClFN2. The van der Waals surface area contributed by atoms with Gasteiger partial charge in [-0.1, -0.05) is 31.5 Å². The smallest absolute Gasteiger partial charge is 0.141 e. The van der Waals surface area contributed by atoms with Crippen molar-refractivity contribution in [3.05, 3.63) is 34.6 Å². The Labute approximate surface area is 119 Å². The topological polar surface area (TPSA) is 15.3 Å². The molecule has 106 valence electrons. The van der Waals surface area contributed by atoms with Gasteiger partial charge in [-0.05, 0) is 43.1 Å². The Morgan fingerprint density at radius 3 is 2.95 bits per heavy atom. The number of nitrogens with zero attached hydrogens (tertiary/aromatic N) is 1. The summed E-state index contributed by atoms with van der Waals surface area (Å²) in [6.07, 6.45) is 1.23. The zero-order chi connectivity index (χ0) is 13.8. The molecule has 1 atom stereocenters. The SMILES string of the molecule is CC(C)NCC1CCN(Cc2ccc(F)c(Cl)c2)C1. The number of nitrogens with one attached hydrogen (secondary N) is 1. The van der Waals surface area contributed by atoms with E-state index in [1.165, 1.54) is 12.5 Å². The number of hydrogen-bond acceptors (Lipinski definition) is 2. The fourth-order valence-corrected chi connectivity index (χ4v) is 2.72. The fourth-order valence-electron chi connectivity index (χ4n) is 2.52. The van der Waals surface area contributed by atoms with Crippen LogP contribution in [-0.2, 0) is 6.54 Å². The predicted molar refractivity (Wildman–Crippen MR) is 77.9 cm³/mol. The van der Waals surface area contributed by atoms with E-state index in [1.807, 2.05) is 6.07 Å². The van der Waals surface area contributed by atoms with Gasteiger partial charge in [-0.2, -0.15) is 0 Å². The molecule has 1 aliphatic rings. The first kappa shape index (κ1) is 14.8. The molecule has 2 rings (SSSR count). The molecule has 1 aromatic carbocycles. The summed E-state index contributed by atoms with van der Waals surface area (Å²) < 4.78 is 13.1. The van der Waals surface area contributed by atoms with Crippen LogP contribution in [-0.4, -0.2) is 30.6 Å². The van der Waals surface area contributed by atoms with E-state index in [0.717, 1.165) is 37.7 Å². The highest BCUT2D eigenvalue weighted by Crippen LogP contribution is 2.21. The first-order chi connectivity index (χ1) is 9.04. The van der Waals surface area contributed by atoms with Crippen LogP contribution < -0.4 is 5.32 Å². The molecule has 0 aromatic heterocycles. The van der Waals surface area contributed by atoms with E-state index >= 15 is 0 Å². The van der Waals surface area contributed by atoms with Crippen molar-refractivity contribution in [3.63, 3.8) is 0 Å². The summed E-state index contributed by atoms with van der Waals surface area (Å²) in [7, 11) is 0. The molecule has 1 N–H and O–H groups in total. The van der Waals surface area contributed by atoms with Gasteiger partial charge < -0.3 is 5.32 Å². The lowest BCUT2D eigenvalue weighted by molar-refractivity contribution is 0.312. The number of rotatable bonds is 5. The van der Waals surface area contributed by atoms with Crippen molar-refractivity contribution in [3.8, 4) is 0 Å². The molecule has 0 radical (unpaired) electrons. The standard InChI is InChI=1S/C15H22ClFN2/c1-11(2)18-8-13-5-6-19(10-13)9-12-3-4-15(17)14(16)7-12/h3-4,7,11,13,18H,5-6,8-10H2,1-2H3. The maximum atomic E-state index is 13.1. The van der Waals surface area contributed by atoms with E-state index in [1.54, 1.807) is 6.07 Å². The zero-order valence-electron chi connectivity index (χ0n) is 11.6. The second kappa shape index (κ2) is 6.69. The Hall–Kier alpha value is -0.640. The van der Waals surface area contributed by atoms with Crippen LogP contribution in [0.3, 0.4) is 0 Å². The molecular weight excluding hydrogens is 263 g/mol. The van der Waals surface area contributed by atoms with Crippen LogP contribution in [0.4, 0.5) is 4.39 Å². The molecule has 0 amide bonds. The maximum Gasteiger partial charge on any atom is 0.141 e. The van der Waals surface area contributed by atoms with Crippen molar-refractivity contribution >= 4 is 11.6 Å². The Bertz CT molecular complexity index is 423. The van der Waals surface area contributed by atoms with Crippen LogP contribution in [0.2, 0.25) is 5.02 Å². The highest BCUT2D eigenvalue weighted by atomic mass is 35.5. The van der Waals surface area contributed by atoms with Gasteiger partial charge in [0.1, 0.15) is 5.82 Å². The number of benzene rings is 1. The first-order valence-corrected chi connectivity index (χ1v) is 7.32. The first-order valence-electron chi connectivity index (χ1n) is 6.94. The Kier molecular flexibility index (Phi) is 5.20. The van der Waals surface area contributed by atoms with Crippen molar-refractivity contribution in [2.75, 3.05) is 19.6 Å². The molecule has 1 aromatic rings. The van der Waals surface area contributed by atoms with Gasteiger partial charge in [-0.15, -0.1) is 0 Å². The predicted octanol–water partition coefficient (Wildman–Crippen LogP) is 3.30. The molecule has 0 saturated carbocycles. The number of halogens is 2. The van der Waals surface area contributed by atoms with Gasteiger partial charge in [0.15, 0.2) is 0 Å². The quantitative estimate of drug-likeness (QED) is 0.892.